The summed E-state index contributed by atoms with van der Waals surface area (Å²) in [5.41, 5.74) is 0. The normalized spacial score (nSPS) is 24.8. The van der Waals surface area contributed by atoms with Crippen molar-refractivity contribution in [1.29, 1.82) is 0 Å². The van der Waals surface area contributed by atoms with Crippen LogP contribution in [0.4, 0.5) is 4.79 Å². The van der Waals surface area contributed by atoms with E-state index in [1.807, 2.05) is 18.9 Å². The highest BCUT2D eigenvalue weighted by molar-refractivity contribution is 5.74. The monoisotopic (exact) mass is 240 g/mol. The van der Waals surface area contributed by atoms with Crippen molar-refractivity contribution in [1.82, 2.24) is 10.2 Å². The Labute approximate surface area is 106 Å². The van der Waals surface area contributed by atoms with Crippen LogP contribution in [0.25, 0.3) is 0 Å². The zero-order chi connectivity index (χ0) is 12.8. The van der Waals surface area contributed by atoms with E-state index in [4.69, 9.17) is 0 Å². The van der Waals surface area contributed by atoms with Crippen molar-refractivity contribution in [3.8, 4) is 0 Å². The molecule has 1 fully saturated rings. The van der Waals surface area contributed by atoms with Gasteiger partial charge in [0.2, 0.25) is 0 Å². The summed E-state index contributed by atoms with van der Waals surface area (Å²) in [5, 5.41) is 2.87. The van der Waals surface area contributed by atoms with Gasteiger partial charge < -0.3 is 10.2 Å². The Kier molecular flexibility index (Phi) is 5.79. The Morgan fingerprint density at radius 1 is 1.29 bits per heavy atom. The average molecular weight is 240 g/mol. The molecule has 100 valence electrons. The molecule has 1 rings (SSSR count). The van der Waals surface area contributed by atoms with Gasteiger partial charge in [0.05, 0.1) is 0 Å². The van der Waals surface area contributed by atoms with Gasteiger partial charge in [-0.25, -0.2) is 4.79 Å². The Bertz CT molecular complexity index is 232. The number of rotatable bonds is 4. The summed E-state index contributed by atoms with van der Waals surface area (Å²) >= 11 is 0. The molecule has 0 heterocycles. The fourth-order valence-electron chi connectivity index (χ4n) is 2.88. The minimum atomic E-state index is 0.0832. The lowest BCUT2D eigenvalue weighted by Gasteiger charge is -2.35. The van der Waals surface area contributed by atoms with Crippen molar-refractivity contribution in [3.05, 3.63) is 0 Å². The van der Waals surface area contributed by atoms with E-state index in [2.05, 4.69) is 19.2 Å². The van der Waals surface area contributed by atoms with Crippen LogP contribution in [0.15, 0.2) is 0 Å². The highest BCUT2D eigenvalue weighted by Crippen LogP contribution is 2.31. The van der Waals surface area contributed by atoms with Crippen molar-refractivity contribution in [2.24, 2.45) is 11.8 Å². The molecule has 1 saturated carbocycles. The first kappa shape index (κ1) is 14.3. The van der Waals surface area contributed by atoms with Crippen LogP contribution in [0, 0.1) is 11.8 Å². The van der Waals surface area contributed by atoms with Crippen LogP contribution < -0.4 is 5.32 Å². The lowest BCUT2D eigenvalue weighted by molar-refractivity contribution is 0.156. The molecule has 0 aromatic heterocycles. The molecule has 0 aromatic rings. The maximum atomic E-state index is 11.7. The predicted molar refractivity (Wildman–Crippen MR) is 72.0 cm³/mol. The number of nitrogens with one attached hydrogen (secondary N) is 1. The number of carbonyl (C=O) groups excluding carboxylic acids is 1. The molecule has 3 nitrogen and oxygen atoms in total. The van der Waals surface area contributed by atoms with Crippen molar-refractivity contribution >= 4 is 6.03 Å². The molecule has 1 aliphatic rings. The van der Waals surface area contributed by atoms with Gasteiger partial charge in [-0.3, -0.25) is 0 Å². The first-order chi connectivity index (χ1) is 8.04. The van der Waals surface area contributed by atoms with Gasteiger partial charge in [-0.05, 0) is 50.9 Å². The fourth-order valence-corrected chi connectivity index (χ4v) is 2.88. The molecule has 0 aliphatic heterocycles. The second-order valence-corrected chi connectivity index (χ2v) is 5.75. The molecular formula is C14H28N2O. The predicted octanol–water partition coefficient (Wildman–Crippen LogP) is 3.25. The van der Waals surface area contributed by atoms with Crippen LogP contribution >= 0.6 is 0 Å². The molecule has 1 aliphatic carbocycles. The molecule has 0 saturated heterocycles. The van der Waals surface area contributed by atoms with E-state index in [-0.39, 0.29) is 6.03 Å². The number of hydrogen-bond acceptors (Lipinski definition) is 1. The van der Waals surface area contributed by atoms with Gasteiger partial charge in [0.15, 0.2) is 0 Å². The average Bonchev–Trinajstić information content (AvgIpc) is 2.28. The van der Waals surface area contributed by atoms with Crippen molar-refractivity contribution in [2.75, 3.05) is 13.6 Å². The largest absolute Gasteiger partial charge is 0.338 e. The molecule has 0 bridgehead atoms. The summed E-state index contributed by atoms with van der Waals surface area (Å²) in [6, 6.07) is 0.532. The molecule has 3 heteroatoms. The van der Waals surface area contributed by atoms with E-state index in [0.717, 1.165) is 11.8 Å². The van der Waals surface area contributed by atoms with Gasteiger partial charge in [0.25, 0.3) is 0 Å². The minimum Gasteiger partial charge on any atom is -0.338 e. The molecule has 0 atom stereocenters. The molecule has 0 unspecified atom stereocenters. The standard InChI is InChI=1S/C14H28N2O/c1-5-15-14(17)16(4)13-8-6-12(7-9-13)10-11(2)3/h11-13H,5-10H2,1-4H3,(H,15,17)/t12-,13+. The quantitative estimate of drug-likeness (QED) is 0.803. The third kappa shape index (κ3) is 4.57. The molecule has 1 N–H and O–H groups in total. The number of hydrogen-bond donors (Lipinski definition) is 1. The number of urea groups is 1. The van der Waals surface area contributed by atoms with E-state index >= 15 is 0 Å². The van der Waals surface area contributed by atoms with E-state index in [9.17, 15) is 4.79 Å². The van der Waals surface area contributed by atoms with Gasteiger partial charge >= 0.3 is 6.03 Å². The Balaban J connectivity index is 2.33. The van der Waals surface area contributed by atoms with Crippen molar-refractivity contribution < 1.29 is 4.79 Å². The van der Waals surface area contributed by atoms with Gasteiger partial charge in [0.1, 0.15) is 0 Å². The summed E-state index contributed by atoms with van der Waals surface area (Å²) in [5.74, 6) is 1.69. The molecule has 2 amide bonds. The van der Waals surface area contributed by atoms with E-state index in [1.54, 1.807) is 0 Å². The molecule has 0 radical (unpaired) electrons. The summed E-state index contributed by atoms with van der Waals surface area (Å²) < 4.78 is 0. The first-order valence-electron chi connectivity index (χ1n) is 7.05. The number of amides is 2. The smallest absolute Gasteiger partial charge is 0.317 e. The summed E-state index contributed by atoms with van der Waals surface area (Å²) in [4.78, 5) is 13.6. The van der Waals surface area contributed by atoms with E-state index < -0.39 is 0 Å². The van der Waals surface area contributed by atoms with Gasteiger partial charge in [-0.2, -0.15) is 0 Å². The highest BCUT2D eigenvalue weighted by atomic mass is 16.2. The minimum absolute atomic E-state index is 0.0832. The SMILES string of the molecule is CCNC(=O)N(C)[C@H]1CC[C@@H](CC(C)C)CC1. The molecule has 17 heavy (non-hydrogen) atoms. The Morgan fingerprint density at radius 2 is 1.88 bits per heavy atom. The van der Waals surface area contributed by atoms with Crippen LogP contribution in [0.5, 0.6) is 0 Å². The lowest BCUT2D eigenvalue weighted by atomic mass is 9.81. The summed E-state index contributed by atoms with van der Waals surface area (Å²) in [7, 11) is 1.93. The highest BCUT2D eigenvalue weighted by Gasteiger charge is 2.26. The maximum absolute atomic E-state index is 11.7. The topological polar surface area (TPSA) is 32.3 Å². The summed E-state index contributed by atoms with van der Waals surface area (Å²) in [6.07, 6.45) is 6.26. The second-order valence-electron chi connectivity index (χ2n) is 5.75. The third-order valence-electron chi connectivity index (χ3n) is 3.82. The van der Waals surface area contributed by atoms with E-state index in [1.165, 1.54) is 32.1 Å². The van der Waals surface area contributed by atoms with Crippen LogP contribution in [-0.4, -0.2) is 30.6 Å². The van der Waals surface area contributed by atoms with Crippen molar-refractivity contribution in [2.45, 2.75) is 58.9 Å². The molecule has 0 aromatic carbocycles. The second kappa shape index (κ2) is 6.87. The van der Waals surface area contributed by atoms with Gasteiger partial charge in [0, 0.05) is 19.6 Å². The van der Waals surface area contributed by atoms with Gasteiger partial charge in [-0.1, -0.05) is 13.8 Å². The summed E-state index contributed by atoms with van der Waals surface area (Å²) in [6.45, 7) is 7.27. The Hall–Kier alpha value is -0.730. The lowest BCUT2D eigenvalue weighted by Crippen LogP contribution is -2.45. The van der Waals surface area contributed by atoms with Gasteiger partial charge in [-0.15, -0.1) is 0 Å². The number of nitrogens with zero attached hydrogens (tertiary/aromatic N) is 1. The van der Waals surface area contributed by atoms with Crippen molar-refractivity contribution in [3.63, 3.8) is 0 Å². The molecular weight excluding hydrogens is 212 g/mol. The maximum Gasteiger partial charge on any atom is 0.317 e. The zero-order valence-electron chi connectivity index (χ0n) is 11.8. The molecule has 0 spiro atoms. The first-order valence-corrected chi connectivity index (χ1v) is 7.05. The van der Waals surface area contributed by atoms with Crippen LogP contribution in [0.1, 0.15) is 52.9 Å². The van der Waals surface area contributed by atoms with E-state index in [0.29, 0.717) is 12.6 Å². The zero-order valence-corrected chi connectivity index (χ0v) is 11.8. The van der Waals surface area contributed by atoms with Crippen LogP contribution in [-0.2, 0) is 0 Å². The van der Waals surface area contributed by atoms with Crippen LogP contribution in [0.2, 0.25) is 0 Å². The Morgan fingerprint density at radius 3 is 2.35 bits per heavy atom. The fraction of sp³-hybridized carbons (Fsp3) is 0.929. The third-order valence-corrected chi connectivity index (χ3v) is 3.82. The van der Waals surface area contributed by atoms with Crippen LogP contribution in [0.3, 0.4) is 0 Å². The number of carbonyl (C=O) groups is 1.